The fourth-order valence-electron chi connectivity index (χ4n) is 1.04. The van der Waals surface area contributed by atoms with Gasteiger partial charge in [0.1, 0.15) is 5.69 Å². The Labute approximate surface area is 85.1 Å². The summed E-state index contributed by atoms with van der Waals surface area (Å²) in [5.74, 6) is -0.459. The van der Waals surface area contributed by atoms with E-state index in [9.17, 15) is 18.0 Å². The zero-order valence-corrected chi connectivity index (χ0v) is 8.30. The van der Waals surface area contributed by atoms with Crippen LogP contribution in [-0.4, -0.2) is 10.8 Å². The predicted octanol–water partition coefficient (Wildman–Crippen LogP) is 2.94. The molecular formula is C10H10F3NO. The highest BCUT2D eigenvalue weighted by atomic mass is 19.4. The third-order valence-electron chi connectivity index (χ3n) is 1.86. The molecule has 0 aliphatic rings. The van der Waals surface area contributed by atoms with Gasteiger partial charge in [-0.2, -0.15) is 13.2 Å². The van der Waals surface area contributed by atoms with Crippen molar-refractivity contribution in [2.45, 2.75) is 20.0 Å². The summed E-state index contributed by atoms with van der Waals surface area (Å²) in [6.45, 7) is 3.36. The smallest absolute Gasteiger partial charge is 0.294 e. The Bertz CT molecular complexity index is 354. The minimum atomic E-state index is -4.46. The number of halogens is 3. The van der Waals surface area contributed by atoms with Gasteiger partial charge in [0.2, 0.25) is 0 Å². The fraction of sp³-hybridized carbons (Fsp3) is 0.400. The Morgan fingerprint density at radius 3 is 2.27 bits per heavy atom. The van der Waals surface area contributed by atoms with Gasteiger partial charge in [-0.1, -0.05) is 13.8 Å². The number of rotatable bonds is 2. The number of hydrogen-bond acceptors (Lipinski definition) is 2. The lowest BCUT2D eigenvalue weighted by Crippen LogP contribution is -2.11. The zero-order chi connectivity index (χ0) is 11.6. The molecule has 5 heteroatoms. The van der Waals surface area contributed by atoms with Crippen LogP contribution in [0.2, 0.25) is 0 Å². The summed E-state index contributed by atoms with van der Waals surface area (Å²) < 4.78 is 36.4. The average Bonchev–Trinajstić information content (AvgIpc) is 2.15. The van der Waals surface area contributed by atoms with E-state index in [-0.39, 0.29) is 17.3 Å². The van der Waals surface area contributed by atoms with Crippen LogP contribution in [0.5, 0.6) is 0 Å². The lowest BCUT2D eigenvalue weighted by Gasteiger charge is -2.07. The molecule has 0 saturated heterocycles. The molecule has 1 rings (SSSR count). The minimum absolute atomic E-state index is 0.206. The number of pyridine rings is 1. The molecule has 0 radical (unpaired) electrons. The second kappa shape index (κ2) is 4.00. The summed E-state index contributed by atoms with van der Waals surface area (Å²) in [4.78, 5) is 14.6. The van der Waals surface area contributed by atoms with E-state index in [1.54, 1.807) is 13.8 Å². The number of carbonyl (C=O) groups excluding carboxylic acids is 1. The van der Waals surface area contributed by atoms with Crippen molar-refractivity contribution < 1.29 is 18.0 Å². The monoisotopic (exact) mass is 217 g/mol. The van der Waals surface area contributed by atoms with Crippen LogP contribution in [0.25, 0.3) is 0 Å². The molecule has 1 aromatic heterocycles. The van der Waals surface area contributed by atoms with Crippen LogP contribution in [0, 0.1) is 5.92 Å². The van der Waals surface area contributed by atoms with Gasteiger partial charge in [0.05, 0.1) is 0 Å². The number of carbonyl (C=O) groups is 1. The number of alkyl halides is 3. The molecule has 15 heavy (non-hydrogen) atoms. The van der Waals surface area contributed by atoms with E-state index >= 15 is 0 Å². The van der Waals surface area contributed by atoms with E-state index < -0.39 is 11.9 Å². The number of ketones is 1. The second-order valence-corrected chi connectivity index (χ2v) is 3.45. The summed E-state index contributed by atoms with van der Waals surface area (Å²) in [6.07, 6.45) is -3.50. The normalized spacial score (nSPS) is 11.9. The van der Waals surface area contributed by atoms with Gasteiger partial charge in [0.15, 0.2) is 5.78 Å². The van der Waals surface area contributed by atoms with E-state index in [4.69, 9.17) is 0 Å². The average molecular weight is 217 g/mol. The number of nitrogens with zero attached hydrogens (tertiary/aromatic N) is 1. The Balaban J connectivity index is 2.96. The molecule has 0 amide bonds. The minimum Gasteiger partial charge on any atom is -0.294 e. The van der Waals surface area contributed by atoms with E-state index in [1.807, 2.05) is 0 Å². The highest BCUT2D eigenvalue weighted by molar-refractivity contribution is 5.97. The van der Waals surface area contributed by atoms with Gasteiger partial charge in [0, 0.05) is 17.7 Å². The van der Waals surface area contributed by atoms with E-state index in [1.165, 1.54) is 0 Å². The first-order valence-corrected chi connectivity index (χ1v) is 4.40. The van der Waals surface area contributed by atoms with Crippen LogP contribution in [0.1, 0.15) is 29.9 Å². The van der Waals surface area contributed by atoms with Crippen molar-refractivity contribution in [3.63, 3.8) is 0 Å². The molecule has 0 fully saturated rings. The van der Waals surface area contributed by atoms with Crippen LogP contribution >= 0.6 is 0 Å². The first-order chi connectivity index (χ1) is 6.82. The van der Waals surface area contributed by atoms with Crippen molar-refractivity contribution in [1.82, 2.24) is 4.98 Å². The predicted molar refractivity (Wildman–Crippen MR) is 48.4 cm³/mol. The summed E-state index contributed by atoms with van der Waals surface area (Å²) in [5, 5.41) is 0. The molecule has 0 aliphatic carbocycles. The maximum Gasteiger partial charge on any atom is 0.433 e. The van der Waals surface area contributed by atoms with Gasteiger partial charge in [-0.25, -0.2) is 0 Å². The Morgan fingerprint density at radius 1 is 1.33 bits per heavy atom. The number of Topliss-reactive ketones (excluding diaryl/α,β-unsaturated/α-hetero) is 1. The second-order valence-electron chi connectivity index (χ2n) is 3.45. The number of hydrogen-bond donors (Lipinski definition) is 0. The van der Waals surface area contributed by atoms with Gasteiger partial charge in [-0.15, -0.1) is 0 Å². The molecule has 1 aromatic rings. The Kier molecular flexibility index (Phi) is 3.12. The third kappa shape index (κ3) is 2.78. The summed E-state index contributed by atoms with van der Waals surface area (Å²) in [6, 6.07) is 1.97. The summed E-state index contributed by atoms with van der Waals surface area (Å²) >= 11 is 0. The molecule has 2 nitrogen and oxygen atoms in total. The molecule has 0 bridgehead atoms. The quantitative estimate of drug-likeness (QED) is 0.713. The summed E-state index contributed by atoms with van der Waals surface area (Å²) in [7, 11) is 0. The van der Waals surface area contributed by atoms with Gasteiger partial charge in [-0.05, 0) is 12.1 Å². The molecule has 82 valence electrons. The largest absolute Gasteiger partial charge is 0.433 e. The SMILES string of the molecule is CC(C)C(=O)c1ccc(C(F)(F)F)nc1. The lowest BCUT2D eigenvalue weighted by molar-refractivity contribution is -0.141. The lowest BCUT2D eigenvalue weighted by atomic mass is 10.0. The van der Waals surface area contributed by atoms with Crippen molar-refractivity contribution in [3.8, 4) is 0 Å². The molecule has 1 heterocycles. The van der Waals surface area contributed by atoms with Gasteiger partial charge in [-0.3, -0.25) is 9.78 Å². The van der Waals surface area contributed by atoms with Crippen LogP contribution in [0.15, 0.2) is 18.3 Å². The first-order valence-electron chi connectivity index (χ1n) is 4.40. The topological polar surface area (TPSA) is 30.0 Å². The third-order valence-corrected chi connectivity index (χ3v) is 1.86. The highest BCUT2D eigenvalue weighted by Gasteiger charge is 2.32. The molecule has 0 saturated carbocycles. The van der Waals surface area contributed by atoms with E-state index in [2.05, 4.69) is 4.98 Å². The molecule has 0 aromatic carbocycles. The first kappa shape index (κ1) is 11.7. The maximum atomic E-state index is 12.1. The van der Waals surface area contributed by atoms with Crippen molar-refractivity contribution in [3.05, 3.63) is 29.6 Å². The van der Waals surface area contributed by atoms with Crippen molar-refractivity contribution >= 4 is 5.78 Å². The standard InChI is InChI=1S/C10H10F3NO/c1-6(2)9(15)7-3-4-8(14-5-7)10(11,12)13/h3-6H,1-2H3. The van der Waals surface area contributed by atoms with Crippen LogP contribution in [0.3, 0.4) is 0 Å². The van der Waals surface area contributed by atoms with Gasteiger partial charge < -0.3 is 0 Å². The molecule has 0 aliphatic heterocycles. The molecule has 0 atom stereocenters. The van der Waals surface area contributed by atoms with Crippen molar-refractivity contribution in [1.29, 1.82) is 0 Å². The van der Waals surface area contributed by atoms with Gasteiger partial charge in [0.25, 0.3) is 0 Å². The van der Waals surface area contributed by atoms with Crippen molar-refractivity contribution in [2.75, 3.05) is 0 Å². The molecule has 0 unspecified atom stereocenters. The van der Waals surface area contributed by atoms with Crippen LogP contribution in [-0.2, 0) is 6.18 Å². The highest BCUT2D eigenvalue weighted by Crippen LogP contribution is 2.27. The molecular weight excluding hydrogens is 207 g/mol. The fourth-order valence-corrected chi connectivity index (χ4v) is 1.04. The van der Waals surface area contributed by atoms with Crippen LogP contribution < -0.4 is 0 Å². The van der Waals surface area contributed by atoms with Gasteiger partial charge >= 0.3 is 6.18 Å². The molecule has 0 spiro atoms. The Hall–Kier alpha value is -1.39. The van der Waals surface area contributed by atoms with Crippen molar-refractivity contribution in [2.24, 2.45) is 5.92 Å². The summed E-state index contributed by atoms with van der Waals surface area (Å²) in [5.41, 5.74) is -0.777. The number of aromatic nitrogens is 1. The van der Waals surface area contributed by atoms with E-state index in [0.29, 0.717) is 0 Å². The molecule has 0 N–H and O–H groups in total. The van der Waals surface area contributed by atoms with Crippen LogP contribution in [0.4, 0.5) is 13.2 Å². The van der Waals surface area contributed by atoms with E-state index in [0.717, 1.165) is 18.3 Å². The zero-order valence-electron chi connectivity index (χ0n) is 8.30. The Morgan fingerprint density at radius 2 is 1.93 bits per heavy atom. The maximum absolute atomic E-state index is 12.1.